The summed E-state index contributed by atoms with van der Waals surface area (Å²) in [5.74, 6) is -0.0896. The van der Waals surface area contributed by atoms with Gasteiger partial charge in [0.15, 0.2) is 0 Å². The Hall–Kier alpha value is -2.66. The van der Waals surface area contributed by atoms with E-state index >= 15 is 0 Å². The zero-order valence-electron chi connectivity index (χ0n) is 15.5. The van der Waals surface area contributed by atoms with Crippen molar-refractivity contribution in [2.45, 2.75) is 44.2 Å². The van der Waals surface area contributed by atoms with Crippen molar-refractivity contribution >= 4 is 17.5 Å². The standard InChI is InChI=1S/C22H27N3O2/c26-20(24-18-13-7-8-14-18)15-16-23-21(17-9-3-1-4-10-17)22(27)25-19-11-5-2-6-12-19/h1-6,9-12,18,21,23H,7-8,13-16H2,(H,24,26)(H,25,27). The minimum atomic E-state index is -0.509. The summed E-state index contributed by atoms with van der Waals surface area (Å²) in [6.07, 6.45) is 4.90. The number of para-hydroxylation sites is 1. The molecule has 0 saturated heterocycles. The highest BCUT2D eigenvalue weighted by Crippen LogP contribution is 2.18. The molecule has 1 saturated carbocycles. The number of carbonyl (C=O) groups is 2. The van der Waals surface area contributed by atoms with E-state index in [2.05, 4.69) is 16.0 Å². The first-order chi connectivity index (χ1) is 13.2. The lowest BCUT2D eigenvalue weighted by Gasteiger charge is -2.19. The van der Waals surface area contributed by atoms with Gasteiger partial charge in [-0.25, -0.2) is 0 Å². The van der Waals surface area contributed by atoms with Crippen LogP contribution in [-0.4, -0.2) is 24.4 Å². The predicted octanol–water partition coefficient (Wildman–Crippen LogP) is 3.40. The van der Waals surface area contributed by atoms with Gasteiger partial charge < -0.3 is 16.0 Å². The van der Waals surface area contributed by atoms with Gasteiger partial charge in [0, 0.05) is 24.7 Å². The summed E-state index contributed by atoms with van der Waals surface area (Å²) >= 11 is 0. The normalized spacial score (nSPS) is 15.3. The lowest BCUT2D eigenvalue weighted by Crippen LogP contribution is -2.37. The Bertz CT molecular complexity index is 728. The summed E-state index contributed by atoms with van der Waals surface area (Å²) < 4.78 is 0. The molecule has 0 heterocycles. The molecule has 5 nitrogen and oxygen atoms in total. The van der Waals surface area contributed by atoms with Gasteiger partial charge in [0.25, 0.3) is 0 Å². The van der Waals surface area contributed by atoms with Gasteiger partial charge in [-0.1, -0.05) is 61.4 Å². The topological polar surface area (TPSA) is 70.2 Å². The van der Waals surface area contributed by atoms with Crippen LogP contribution in [0.15, 0.2) is 60.7 Å². The maximum absolute atomic E-state index is 12.8. The molecule has 0 radical (unpaired) electrons. The monoisotopic (exact) mass is 365 g/mol. The molecule has 1 aliphatic rings. The van der Waals surface area contributed by atoms with Crippen LogP contribution in [0.25, 0.3) is 0 Å². The van der Waals surface area contributed by atoms with Gasteiger partial charge in [0.1, 0.15) is 6.04 Å². The zero-order valence-corrected chi connectivity index (χ0v) is 15.5. The minimum Gasteiger partial charge on any atom is -0.353 e. The molecule has 0 bridgehead atoms. The second-order valence-corrected chi connectivity index (χ2v) is 6.95. The SMILES string of the molecule is O=C(CCNC(C(=O)Nc1ccccc1)c1ccccc1)NC1CCCC1. The van der Waals surface area contributed by atoms with Crippen molar-refractivity contribution in [2.75, 3.05) is 11.9 Å². The van der Waals surface area contributed by atoms with E-state index in [-0.39, 0.29) is 11.8 Å². The number of anilines is 1. The number of amides is 2. The van der Waals surface area contributed by atoms with Crippen LogP contribution >= 0.6 is 0 Å². The van der Waals surface area contributed by atoms with E-state index in [9.17, 15) is 9.59 Å². The van der Waals surface area contributed by atoms with E-state index in [1.165, 1.54) is 12.8 Å². The minimum absolute atomic E-state index is 0.0460. The van der Waals surface area contributed by atoms with Crippen LogP contribution in [0.1, 0.15) is 43.7 Å². The first-order valence-electron chi connectivity index (χ1n) is 9.66. The molecule has 5 heteroatoms. The summed E-state index contributed by atoms with van der Waals surface area (Å²) in [7, 11) is 0. The first kappa shape index (κ1) is 19.1. The lowest BCUT2D eigenvalue weighted by molar-refractivity contribution is -0.122. The molecule has 3 rings (SSSR count). The third-order valence-electron chi connectivity index (χ3n) is 4.86. The lowest BCUT2D eigenvalue weighted by atomic mass is 10.1. The Morgan fingerprint density at radius 1 is 0.926 bits per heavy atom. The molecular weight excluding hydrogens is 338 g/mol. The number of hydrogen-bond donors (Lipinski definition) is 3. The Balaban J connectivity index is 1.57. The van der Waals surface area contributed by atoms with Crippen LogP contribution in [0.3, 0.4) is 0 Å². The highest BCUT2D eigenvalue weighted by molar-refractivity contribution is 5.95. The summed E-state index contributed by atoms with van der Waals surface area (Å²) in [6.45, 7) is 0.445. The van der Waals surface area contributed by atoms with Crippen molar-refractivity contribution in [3.63, 3.8) is 0 Å². The summed E-state index contributed by atoms with van der Waals surface area (Å²) in [5.41, 5.74) is 1.63. The van der Waals surface area contributed by atoms with Gasteiger partial charge in [-0.2, -0.15) is 0 Å². The Morgan fingerprint density at radius 3 is 2.22 bits per heavy atom. The van der Waals surface area contributed by atoms with Gasteiger partial charge in [-0.3, -0.25) is 9.59 Å². The second-order valence-electron chi connectivity index (χ2n) is 6.95. The van der Waals surface area contributed by atoms with E-state index in [1.807, 2.05) is 60.7 Å². The van der Waals surface area contributed by atoms with E-state index in [1.54, 1.807) is 0 Å². The maximum atomic E-state index is 12.8. The molecule has 1 atom stereocenters. The van der Waals surface area contributed by atoms with Crippen LogP contribution < -0.4 is 16.0 Å². The van der Waals surface area contributed by atoms with Gasteiger partial charge in [0.2, 0.25) is 11.8 Å². The zero-order chi connectivity index (χ0) is 18.9. The van der Waals surface area contributed by atoms with Crippen molar-refractivity contribution in [3.8, 4) is 0 Å². The molecule has 2 aromatic carbocycles. The Kier molecular flexibility index (Phi) is 6.99. The van der Waals surface area contributed by atoms with Gasteiger partial charge >= 0.3 is 0 Å². The van der Waals surface area contributed by atoms with Crippen LogP contribution in [0.4, 0.5) is 5.69 Å². The number of nitrogens with one attached hydrogen (secondary N) is 3. The predicted molar refractivity (Wildman–Crippen MR) is 107 cm³/mol. The Labute approximate surface area is 160 Å². The molecule has 0 spiro atoms. The van der Waals surface area contributed by atoms with Crippen LogP contribution in [0.2, 0.25) is 0 Å². The smallest absolute Gasteiger partial charge is 0.246 e. The quantitative estimate of drug-likeness (QED) is 0.671. The average molecular weight is 365 g/mol. The van der Waals surface area contributed by atoms with Gasteiger partial charge in [-0.05, 0) is 30.5 Å². The summed E-state index contributed by atoms with van der Waals surface area (Å²) in [5, 5.41) is 9.26. The molecule has 1 fully saturated rings. The Morgan fingerprint density at radius 2 is 1.56 bits per heavy atom. The van der Waals surface area contributed by atoms with Crippen LogP contribution in [-0.2, 0) is 9.59 Å². The molecule has 0 aliphatic heterocycles. The molecule has 2 amide bonds. The van der Waals surface area contributed by atoms with Crippen LogP contribution in [0.5, 0.6) is 0 Å². The largest absolute Gasteiger partial charge is 0.353 e. The van der Waals surface area contributed by atoms with Gasteiger partial charge in [0.05, 0.1) is 0 Å². The number of benzene rings is 2. The summed E-state index contributed by atoms with van der Waals surface area (Å²) in [6, 6.07) is 18.8. The molecule has 0 aromatic heterocycles. The van der Waals surface area contributed by atoms with Crippen molar-refractivity contribution in [1.82, 2.24) is 10.6 Å². The average Bonchev–Trinajstić information content (AvgIpc) is 3.19. The maximum Gasteiger partial charge on any atom is 0.246 e. The number of carbonyl (C=O) groups excluding carboxylic acids is 2. The fourth-order valence-electron chi connectivity index (χ4n) is 3.44. The summed E-state index contributed by atoms with van der Waals surface area (Å²) in [4.78, 5) is 24.9. The van der Waals surface area contributed by atoms with Crippen molar-refractivity contribution in [3.05, 3.63) is 66.2 Å². The molecule has 1 aliphatic carbocycles. The number of hydrogen-bond acceptors (Lipinski definition) is 3. The highest BCUT2D eigenvalue weighted by Gasteiger charge is 2.21. The molecule has 2 aromatic rings. The van der Waals surface area contributed by atoms with Gasteiger partial charge in [-0.15, -0.1) is 0 Å². The number of rotatable bonds is 8. The van der Waals surface area contributed by atoms with E-state index in [0.29, 0.717) is 19.0 Å². The van der Waals surface area contributed by atoms with E-state index in [0.717, 1.165) is 24.1 Å². The van der Waals surface area contributed by atoms with E-state index < -0.39 is 6.04 Å². The third kappa shape index (κ3) is 5.93. The first-order valence-corrected chi connectivity index (χ1v) is 9.66. The highest BCUT2D eigenvalue weighted by atomic mass is 16.2. The van der Waals surface area contributed by atoms with Crippen molar-refractivity contribution in [1.29, 1.82) is 0 Å². The van der Waals surface area contributed by atoms with Crippen molar-refractivity contribution < 1.29 is 9.59 Å². The fourth-order valence-corrected chi connectivity index (χ4v) is 3.44. The van der Waals surface area contributed by atoms with E-state index in [4.69, 9.17) is 0 Å². The fraction of sp³-hybridized carbons (Fsp3) is 0.364. The molecular formula is C22H27N3O2. The van der Waals surface area contributed by atoms with Crippen molar-refractivity contribution in [2.24, 2.45) is 0 Å². The second kappa shape index (κ2) is 9.88. The molecule has 3 N–H and O–H groups in total. The third-order valence-corrected chi connectivity index (χ3v) is 4.86. The molecule has 1 unspecified atom stereocenters. The molecule has 27 heavy (non-hydrogen) atoms. The molecule has 142 valence electrons. The van der Waals surface area contributed by atoms with Crippen LogP contribution in [0, 0.1) is 0 Å².